The van der Waals surface area contributed by atoms with Crippen LogP contribution in [0.15, 0.2) is 12.7 Å². The zero-order valence-electron chi connectivity index (χ0n) is 8.49. The van der Waals surface area contributed by atoms with Gasteiger partial charge >= 0.3 is 5.97 Å². The third kappa shape index (κ3) is 2.44. The molecule has 2 atom stereocenters. The third-order valence-corrected chi connectivity index (χ3v) is 2.59. The van der Waals surface area contributed by atoms with E-state index < -0.39 is 5.92 Å². The van der Waals surface area contributed by atoms with Crippen molar-refractivity contribution in [1.29, 1.82) is 0 Å². The van der Waals surface area contributed by atoms with E-state index in [-0.39, 0.29) is 24.3 Å². The Morgan fingerprint density at radius 2 is 2.36 bits per heavy atom. The van der Waals surface area contributed by atoms with Gasteiger partial charge < -0.3 is 4.74 Å². The number of rotatable bonds is 3. The smallest absolute Gasteiger partial charge is 0.316 e. The van der Waals surface area contributed by atoms with Crippen LogP contribution in [0.4, 0.5) is 0 Å². The predicted octanol–water partition coefficient (Wildman–Crippen LogP) is 1.72. The third-order valence-electron chi connectivity index (χ3n) is 2.59. The van der Waals surface area contributed by atoms with E-state index >= 15 is 0 Å². The van der Waals surface area contributed by atoms with E-state index in [4.69, 9.17) is 4.74 Å². The first-order chi connectivity index (χ1) is 6.66. The van der Waals surface area contributed by atoms with Crippen LogP contribution in [-0.2, 0) is 14.3 Å². The standard InChI is InChI=1S/C11H16O3/c1-3-7-14-11(13)9-6-4-5-8(2)10(9)12/h3,8-9H,1,4-7H2,2H3. The molecule has 0 bridgehead atoms. The topological polar surface area (TPSA) is 43.4 Å². The van der Waals surface area contributed by atoms with Crippen LogP contribution in [0, 0.1) is 11.8 Å². The van der Waals surface area contributed by atoms with Crippen LogP contribution in [0.3, 0.4) is 0 Å². The second-order valence-electron chi connectivity index (χ2n) is 3.71. The molecule has 0 radical (unpaired) electrons. The number of esters is 1. The second kappa shape index (κ2) is 4.94. The summed E-state index contributed by atoms with van der Waals surface area (Å²) in [6.07, 6.45) is 3.97. The SMILES string of the molecule is C=CCOC(=O)C1CCCC(C)C1=O. The molecule has 0 spiro atoms. The van der Waals surface area contributed by atoms with Crippen LogP contribution in [0.5, 0.6) is 0 Å². The molecule has 14 heavy (non-hydrogen) atoms. The first-order valence-corrected chi connectivity index (χ1v) is 4.98. The summed E-state index contributed by atoms with van der Waals surface area (Å²) in [5.74, 6) is -0.879. The molecular weight excluding hydrogens is 180 g/mol. The molecule has 3 nitrogen and oxygen atoms in total. The maximum absolute atomic E-state index is 11.6. The van der Waals surface area contributed by atoms with Crippen molar-refractivity contribution in [2.75, 3.05) is 6.61 Å². The molecule has 1 saturated carbocycles. The normalized spacial score (nSPS) is 27.1. The Hall–Kier alpha value is -1.12. The van der Waals surface area contributed by atoms with Gasteiger partial charge in [0.05, 0.1) is 0 Å². The molecule has 0 aliphatic heterocycles. The van der Waals surface area contributed by atoms with Gasteiger partial charge in [0.25, 0.3) is 0 Å². The molecule has 0 heterocycles. The van der Waals surface area contributed by atoms with Crippen LogP contribution >= 0.6 is 0 Å². The minimum atomic E-state index is -0.529. The van der Waals surface area contributed by atoms with Crippen LogP contribution in [0.1, 0.15) is 26.2 Å². The number of Topliss-reactive ketones (excluding diaryl/α,β-unsaturated/α-hetero) is 1. The van der Waals surface area contributed by atoms with E-state index in [0.29, 0.717) is 6.42 Å². The molecule has 3 heteroatoms. The van der Waals surface area contributed by atoms with Gasteiger partial charge in [0, 0.05) is 5.92 Å². The van der Waals surface area contributed by atoms with Crippen LogP contribution in [-0.4, -0.2) is 18.4 Å². The van der Waals surface area contributed by atoms with E-state index in [1.807, 2.05) is 6.92 Å². The molecule has 0 N–H and O–H groups in total. The van der Waals surface area contributed by atoms with Gasteiger partial charge in [-0.15, -0.1) is 0 Å². The lowest BCUT2D eigenvalue weighted by atomic mass is 9.81. The average molecular weight is 196 g/mol. The zero-order valence-corrected chi connectivity index (χ0v) is 8.49. The molecule has 0 aromatic carbocycles. The fourth-order valence-electron chi connectivity index (χ4n) is 1.73. The molecule has 0 aromatic heterocycles. The summed E-state index contributed by atoms with van der Waals surface area (Å²) in [7, 11) is 0. The number of carbonyl (C=O) groups excluding carboxylic acids is 2. The first kappa shape index (κ1) is 11.0. The Kier molecular flexibility index (Phi) is 3.86. The molecule has 2 unspecified atom stereocenters. The summed E-state index contributed by atoms with van der Waals surface area (Å²) >= 11 is 0. The van der Waals surface area contributed by atoms with Crippen LogP contribution in [0.25, 0.3) is 0 Å². The number of hydrogen-bond acceptors (Lipinski definition) is 3. The van der Waals surface area contributed by atoms with E-state index in [0.717, 1.165) is 12.8 Å². The summed E-state index contributed by atoms with van der Waals surface area (Å²) in [6.45, 7) is 5.51. The quantitative estimate of drug-likeness (QED) is 0.392. The maximum Gasteiger partial charge on any atom is 0.316 e. The van der Waals surface area contributed by atoms with Crippen molar-refractivity contribution in [2.45, 2.75) is 26.2 Å². The zero-order chi connectivity index (χ0) is 10.6. The summed E-state index contributed by atoms with van der Waals surface area (Å²) in [6, 6.07) is 0. The second-order valence-corrected chi connectivity index (χ2v) is 3.71. The number of ketones is 1. The summed E-state index contributed by atoms with van der Waals surface area (Å²) in [5, 5.41) is 0. The van der Waals surface area contributed by atoms with Crippen molar-refractivity contribution in [1.82, 2.24) is 0 Å². The van der Waals surface area contributed by atoms with Crippen molar-refractivity contribution in [3.05, 3.63) is 12.7 Å². The summed E-state index contributed by atoms with van der Waals surface area (Å²) in [5.41, 5.74) is 0. The van der Waals surface area contributed by atoms with Crippen LogP contribution in [0.2, 0.25) is 0 Å². The highest BCUT2D eigenvalue weighted by atomic mass is 16.5. The Morgan fingerprint density at radius 3 is 3.00 bits per heavy atom. The Bertz CT molecular complexity index is 245. The lowest BCUT2D eigenvalue weighted by Crippen LogP contribution is -2.33. The van der Waals surface area contributed by atoms with Crippen molar-refractivity contribution in [3.63, 3.8) is 0 Å². The fourth-order valence-corrected chi connectivity index (χ4v) is 1.73. The summed E-state index contributed by atoms with van der Waals surface area (Å²) < 4.78 is 4.87. The summed E-state index contributed by atoms with van der Waals surface area (Å²) in [4.78, 5) is 23.0. The number of hydrogen-bond donors (Lipinski definition) is 0. The van der Waals surface area contributed by atoms with Gasteiger partial charge in [0.15, 0.2) is 0 Å². The van der Waals surface area contributed by atoms with E-state index in [9.17, 15) is 9.59 Å². The molecule has 1 fully saturated rings. The Balaban J connectivity index is 2.53. The molecular formula is C11H16O3. The van der Waals surface area contributed by atoms with Gasteiger partial charge in [-0.3, -0.25) is 9.59 Å². The van der Waals surface area contributed by atoms with Crippen LogP contribution < -0.4 is 0 Å². The van der Waals surface area contributed by atoms with E-state index in [1.54, 1.807) is 0 Å². The highest BCUT2D eigenvalue weighted by Crippen LogP contribution is 2.26. The lowest BCUT2D eigenvalue weighted by Gasteiger charge is -2.23. The van der Waals surface area contributed by atoms with Gasteiger partial charge in [-0.1, -0.05) is 26.0 Å². The van der Waals surface area contributed by atoms with Gasteiger partial charge in [0.2, 0.25) is 0 Å². The van der Waals surface area contributed by atoms with E-state index in [2.05, 4.69) is 6.58 Å². The maximum atomic E-state index is 11.6. The van der Waals surface area contributed by atoms with Gasteiger partial charge in [-0.25, -0.2) is 0 Å². The molecule has 1 aliphatic rings. The monoisotopic (exact) mass is 196 g/mol. The van der Waals surface area contributed by atoms with Crippen molar-refractivity contribution >= 4 is 11.8 Å². The Labute approximate surface area is 84.1 Å². The minimum Gasteiger partial charge on any atom is -0.461 e. The number of ether oxygens (including phenoxy) is 1. The lowest BCUT2D eigenvalue weighted by molar-refractivity contribution is -0.153. The van der Waals surface area contributed by atoms with Crippen molar-refractivity contribution in [2.24, 2.45) is 11.8 Å². The highest BCUT2D eigenvalue weighted by Gasteiger charge is 2.34. The van der Waals surface area contributed by atoms with E-state index in [1.165, 1.54) is 6.08 Å². The molecule has 1 rings (SSSR count). The van der Waals surface area contributed by atoms with Crippen molar-refractivity contribution in [3.8, 4) is 0 Å². The molecule has 0 aromatic rings. The predicted molar refractivity (Wildman–Crippen MR) is 52.7 cm³/mol. The number of carbonyl (C=O) groups is 2. The minimum absolute atomic E-state index is 0.00466. The van der Waals surface area contributed by atoms with Crippen molar-refractivity contribution < 1.29 is 14.3 Å². The first-order valence-electron chi connectivity index (χ1n) is 4.98. The average Bonchev–Trinajstić information content (AvgIpc) is 2.18. The fraction of sp³-hybridized carbons (Fsp3) is 0.636. The molecule has 1 aliphatic carbocycles. The largest absolute Gasteiger partial charge is 0.461 e. The molecule has 78 valence electrons. The van der Waals surface area contributed by atoms with Gasteiger partial charge in [-0.2, -0.15) is 0 Å². The molecule has 0 amide bonds. The Morgan fingerprint density at radius 1 is 1.64 bits per heavy atom. The van der Waals surface area contributed by atoms with Gasteiger partial charge in [-0.05, 0) is 12.8 Å². The highest BCUT2D eigenvalue weighted by molar-refractivity contribution is 6.00. The van der Waals surface area contributed by atoms with Gasteiger partial charge in [0.1, 0.15) is 18.3 Å². The molecule has 0 saturated heterocycles.